The Balaban J connectivity index is 1.47. The zero-order chi connectivity index (χ0) is 23.9. The van der Waals surface area contributed by atoms with E-state index < -0.39 is 5.60 Å². The Hall–Kier alpha value is -3.44. The molecule has 0 saturated carbocycles. The second-order valence-corrected chi connectivity index (χ2v) is 9.43. The van der Waals surface area contributed by atoms with Gasteiger partial charge in [-0.15, -0.1) is 0 Å². The molecule has 1 fully saturated rings. The number of hydrogen-bond donors (Lipinski definition) is 1. The van der Waals surface area contributed by atoms with Gasteiger partial charge in [0.1, 0.15) is 5.60 Å². The molecule has 5 heteroatoms. The summed E-state index contributed by atoms with van der Waals surface area (Å²) in [5.41, 5.74) is 7.29. The maximum absolute atomic E-state index is 11.4. The Morgan fingerprint density at radius 2 is 1.68 bits per heavy atom. The first kappa shape index (κ1) is 22.4. The molecule has 0 unspecified atom stereocenters. The van der Waals surface area contributed by atoms with E-state index in [-0.39, 0.29) is 0 Å². The summed E-state index contributed by atoms with van der Waals surface area (Å²) in [5.74, 6) is 0.828. The van der Waals surface area contributed by atoms with Crippen LogP contribution in [0.4, 0.5) is 5.69 Å². The number of nitrogens with zero attached hydrogens (tertiary/aromatic N) is 3. The summed E-state index contributed by atoms with van der Waals surface area (Å²) in [4.78, 5) is 11.8. The predicted molar refractivity (Wildman–Crippen MR) is 138 cm³/mol. The molecule has 0 amide bonds. The predicted octanol–water partition coefficient (Wildman–Crippen LogP) is 5.72. The first-order valence-electron chi connectivity index (χ1n) is 11.8. The molecule has 0 spiro atoms. The first-order chi connectivity index (χ1) is 16.4. The van der Waals surface area contributed by atoms with Gasteiger partial charge in [0, 0.05) is 29.7 Å². The van der Waals surface area contributed by atoms with Crippen molar-refractivity contribution in [1.82, 2.24) is 9.97 Å². The molecule has 4 aromatic rings. The number of aromatic nitrogens is 2. The standard InChI is InChI=1S/C29H31N3O2/c1-19-8-10-22(11-9-19)23-6-5-7-24-27(23)30-18-25(28(24)34-4)32-14-12-29(33,13-15-32)26-17-20(2)16-21(3)31-26/h5-11,16-18,33H,12-15H2,1-4H3. The summed E-state index contributed by atoms with van der Waals surface area (Å²) in [5, 5.41) is 12.4. The quantitative estimate of drug-likeness (QED) is 0.428. The van der Waals surface area contributed by atoms with Crippen molar-refractivity contribution in [3.05, 3.63) is 83.3 Å². The number of methoxy groups -OCH3 is 1. The molecule has 5 nitrogen and oxygen atoms in total. The molecule has 1 aliphatic rings. The normalized spacial score (nSPS) is 15.5. The lowest BCUT2D eigenvalue weighted by Gasteiger charge is -2.39. The summed E-state index contributed by atoms with van der Waals surface area (Å²) < 4.78 is 5.93. The highest BCUT2D eigenvalue weighted by molar-refractivity contribution is 5.99. The lowest BCUT2D eigenvalue weighted by Crippen LogP contribution is -2.43. The molecular formula is C29H31N3O2. The van der Waals surface area contributed by atoms with Crippen molar-refractivity contribution in [2.24, 2.45) is 0 Å². The van der Waals surface area contributed by atoms with Gasteiger partial charge in [0.2, 0.25) is 0 Å². The lowest BCUT2D eigenvalue weighted by atomic mass is 9.87. The number of rotatable bonds is 4. The van der Waals surface area contributed by atoms with Crippen LogP contribution in [-0.2, 0) is 5.60 Å². The van der Waals surface area contributed by atoms with E-state index in [2.05, 4.69) is 59.3 Å². The van der Waals surface area contributed by atoms with Crippen LogP contribution in [0.25, 0.3) is 22.0 Å². The van der Waals surface area contributed by atoms with Crippen molar-refractivity contribution in [3.63, 3.8) is 0 Å². The Morgan fingerprint density at radius 1 is 0.941 bits per heavy atom. The Bertz CT molecular complexity index is 1320. The van der Waals surface area contributed by atoms with Gasteiger partial charge in [-0.2, -0.15) is 0 Å². The number of para-hydroxylation sites is 1. The fraction of sp³-hybridized carbons (Fsp3) is 0.310. The van der Waals surface area contributed by atoms with E-state index in [1.807, 2.05) is 32.2 Å². The third kappa shape index (κ3) is 4.01. The summed E-state index contributed by atoms with van der Waals surface area (Å²) in [6.07, 6.45) is 3.12. The van der Waals surface area contributed by atoms with Crippen molar-refractivity contribution in [2.45, 2.75) is 39.2 Å². The van der Waals surface area contributed by atoms with Crippen LogP contribution in [0.1, 0.15) is 35.4 Å². The minimum absolute atomic E-state index is 0.605. The highest BCUT2D eigenvalue weighted by Gasteiger charge is 2.36. The van der Waals surface area contributed by atoms with Crippen LogP contribution in [0.3, 0.4) is 0 Å². The summed E-state index contributed by atoms with van der Waals surface area (Å²) in [7, 11) is 1.72. The first-order valence-corrected chi connectivity index (χ1v) is 11.8. The number of aliphatic hydroxyl groups is 1. The third-order valence-electron chi connectivity index (χ3n) is 6.90. The molecule has 1 aliphatic heterocycles. The highest BCUT2D eigenvalue weighted by Crippen LogP contribution is 2.41. The number of aryl methyl sites for hydroxylation is 3. The summed E-state index contributed by atoms with van der Waals surface area (Å²) in [6, 6.07) is 18.8. The molecule has 0 bridgehead atoms. The lowest BCUT2D eigenvalue weighted by molar-refractivity contribution is 0.00735. The van der Waals surface area contributed by atoms with Gasteiger partial charge in [0.05, 0.1) is 30.2 Å². The Labute approximate surface area is 201 Å². The Kier molecular flexibility index (Phi) is 5.74. The Morgan fingerprint density at radius 3 is 2.35 bits per heavy atom. The van der Waals surface area contributed by atoms with Gasteiger partial charge in [-0.1, -0.05) is 42.0 Å². The van der Waals surface area contributed by atoms with E-state index in [0.29, 0.717) is 25.9 Å². The number of piperidine rings is 1. The highest BCUT2D eigenvalue weighted by atomic mass is 16.5. The number of ether oxygens (including phenoxy) is 1. The fourth-order valence-corrected chi connectivity index (χ4v) is 5.05. The van der Waals surface area contributed by atoms with E-state index in [4.69, 9.17) is 9.72 Å². The van der Waals surface area contributed by atoms with Crippen molar-refractivity contribution in [2.75, 3.05) is 25.1 Å². The number of pyridine rings is 2. The van der Waals surface area contributed by atoms with Crippen LogP contribution >= 0.6 is 0 Å². The average molecular weight is 454 g/mol. The molecule has 2 aromatic carbocycles. The van der Waals surface area contributed by atoms with E-state index >= 15 is 0 Å². The van der Waals surface area contributed by atoms with Gasteiger partial charge in [0.25, 0.3) is 0 Å². The minimum Gasteiger partial charge on any atom is -0.494 e. The molecule has 2 aromatic heterocycles. The number of hydrogen-bond acceptors (Lipinski definition) is 5. The number of fused-ring (bicyclic) bond motifs is 1. The van der Waals surface area contributed by atoms with Crippen molar-refractivity contribution in [3.8, 4) is 16.9 Å². The molecule has 34 heavy (non-hydrogen) atoms. The SMILES string of the molecule is COc1c(N2CCC(O)(c3cc(C)cc(C)n3)CC2)cnc2c(-c3ccc(C)cc3)cccc12. The zero-order valence-corrected chi connectivity index (χ0v) is 20.3. The smallest absolute Gasteiger partial charge is 0.153 e. The second kappa shape index (κ2) is 8.73. The topological polar surface area (TPSA) is 58.5 Å². The molecule has 1 N–H and O–H groups in total. The van der Waals surface area contributed by atoms with Crippen LogP contribution in [0.5, 0.6) is 5.75 Å². The molecule has 5 rings (SSSR count). The zero-order valence-electron chi connectivity index (χ0n) is 20.3. The van der Waals surface area contributed by atoms with E-state index in [9.17, 15) is 5.11 Å². The van der Waals surface area contributed by atoms with E-state index in [1.54, 1.807) is 7.11 Å². The maximum atomic E-state index is 11.4. The summed E-state index contributed by atoms with van der Waals surface area (Å²) >= 11 is 0. The maximum Gasteiger partial charge on any atom is 0.153 e. The number of anilines is 1. The van der Waals surface area contributed by atoms with Crippen LogP contribution in [0.2, 0.25) is 0 Å². The van der Waals surface area contributed by atoms with Gasteiger partial charge in [0.15, 0.2) is 5.75 Å². The average Bonchev–Trinajstić information content (AvgIpc) is 2.83. The van der Waals surface area contributed by atoms with Gasteiger partial charge in [-0.05, 0) is 62.9 Å². The second-order valence-electron chi connectivity index (χ2n) is 9.43. The molecule has 3 heterocycles. The molecule has 0 aliphatic carbocycles. The van der Waals surface area contributed by atoms with Gasteiger partial charge >= 0.3 is 0 Å². The third-order valence-corrected chi connectivity index (χ3v) is 6.90. The molecular weight excluding hydrogens is 422 g/mol. The van der Waals surface area contributed by atoms with Gasteiger partial charge < -0.3 is 14.7 Å². The minimum atomic E-state index is -0.913. The molecule has 0 radical (unpaired) electrons. The van der Waals surface area contributed by atoms with Crippen LogP contribution in [-0.4, -0.2) is 35.3 Å². The number of benzene rings is 2. The van der Waals surface area contributed by atoms with Crippen LogP contribution in [0.15, 0.2) is 60.8 Å². The van der Waals surface area contributed by atoms with E-state index in [0.717, 1.165) is 50.4 Å². The van der Waals surface area contributed by atoms with Crippen molar-refractivity contribution in [1.29, 1.82) is 0 Å². The largest absolute Gasteiger partial charge is 0.494 e. The van der Waals surface area contributed by atoms with Gasteiger partial charge in [-0.3, -0.25) is 9.97 Å². The van der Waals surface area contributed by atoms with E-state index in [1.165, 1.54) is 5.56 Å². The molecule has 174 valence electrons. The van der Waals surface area contributed by atoms with Crippen LogP contribution in [0, 0.1) is 20.8 Å². The van der Waals surface area contributed by atoms with Crippen molar-refractivity contribution < 1.29 is 9.84 Å². The van der Waals surface area contributed by atoms with Crippen molar-refractivity contribution >= 4 is 16.6 Å². The monoisotopic (exact) mass is 453 g/mol. The molecule has 0 atom stereocenters. The fourth-order valence-electron chi connectivity index (χ4n) is 5.05. The molecule has 1 saturated heterocycles. The summed E-state index contributed by atoms with van der Waals surface area (Å²) in [6.45, 7) is 7.52. The van der Waals surface area contributed by atoms with Crippen LogP contribution < -0.4 is 9.64 Å². The van der Waals surface area contributed by atoms with Gasteiger partial charge in [-0.25, -0.2) is 0 Å².